The predicted molar refractivity (Wildman–Crippen MR) is 72.5 cm³/mol. The van der Waals surface area contributed by atoms with Gasteiger partial charge in [-0.3, -0.25) is 4.90 Å². The quantitative estimate of drug-likeness (QED) is 0.435. The van der Waals surface area contributed by atoms with Gasteiger partial charge in [-0.05, 0) is 38.3 Å². The normalized spacial score (nSPS) is 13.7. The summed E-state index contributed by atoms with van der Waals surface area (Å²) >= 11 is 0. The summed E-state index contributed by atoms with van der Waals surface area (Å²) in [4.78, 5) is 16.5. The van der Waals surface area contributed by atoms with Crippen LogP contribution in [-0.4, -0.2) is 18.2 Å². The van der Waals surface area contributed by atoms with Crippen LogP contribution in [0.1, 0.15) is 26.3 Å². The predicted octanol–water partition coefficient (Wildman–Crippen LogP) is 3.93. The standard InChI is InChI=1S/C13H16N4O2/c1-13(2,3)19-12(18)17-8-7-9-5-4-6-10(11(9)17)15-16-14/h4-6H,7-8H2,1-3H3. The molecule has 1 heterocycles. The molecule has 0 N–H and O–H groups in total. The maximum atomic E-state index is 12.1. The molecular formula is C13H16N4O2. The molecule has 6 heteroatoms. The summed E-state index contributed by atoms with van der Waals surface area (Å²) in [6.07, 6.45) is 0.329. The van der Waals surface area contributed by atoms with E-state index in [2.05, 4.69) is 10.0 Å². The maximum Gasteiger partial charge on any atom is 0.414 e. The van der Waals surface area contributed by atoms with E-state index < -0.39 is 11.7 Å². The van der Waals surface area contributed by atoms with E-state index in [4.69, 9.17) is 10.3 Å². The number of carbonyl (C=O) groups excluding carboxylic acids is 1. The minimum Gasteiger partial charge on any atom is -0.443 e. The van der Waals surface area contributed by atoms with Crippen molar-refractivity contribution in [2.24, 2.45) is 5.11 Å². The van der Waals surface area contributed by atoms with Crippen LogP contribution < -0.4 is 4.90 Å². The Morgan fingerprint density at radius 3 is 2.84 bits per heavy atom. The summed E-state index contributed by atoms with van der Waals surface area (Å²) in [5, 5.41) is 3.64. The molecule has 2 rings (SSSR count). The maximum absolute atomic E-state index is 12.1. The molecule has 0 unspecified atom stereocenters. The second-order valence-electron chi connectivity index (χ2n) is 5.36. The fourth-order valence-electron chi connectivity index (χ4n) is 2.06. The number of hydrogen-bond donors (Lipinski definition) is 0. The molecule has 0 atom stereocenters. The van der Waals surface area contributed by atoms with E-state index in [9.17, 15) is 4.79 Å². The fourth-order valence-corrected chi connectivity index (χ4v) is 2.06. The number of rotatable bonds is 1. The molecule has 1 aromatic rings. The highest BCUT2D eigenvalue weighted by molar-refractivity contribution is 5.94. The number of para-hydroxylation sites is 1. The zero-order chi connectivity index (χ0) is 14.0. The molecule has 6 nitrogen and oxygen atoms in total. The summed E-state index contributed by atoms with van der Waals surface area (Å²) in [6.45, 7) is 6.01. The number of ether oxygens (including phenoxy) is 1. The Bertz CT molecular complexity index is 556. The number of fused-ring (bicyclic) bond motifs is 1. The molecule has 0 bridgehead atoms. The Balaban J connectivity index is 2.35. The van der Waals surface area contributed by atoms with Crippen LogP contribution in [0, 0.1) is 0 Å². The van der Waals surface area contributed by atoms with Crippen molar-refractivity contribution in [2.75, 3.05) is 11.4 Å². The van der Waals surface area contributed by atoms with Crippen molar-refractivity contribution in [2.45, 2.75) is 32.8 Å². The van der Waals surface area contributed by atoms with Crippen molar-refractivity contribution in [3.63, 3.8) is 0 Å². The van der Waals surface area contributed by atoms with E-state index in [1.54, 1.807) is 6.07 Å². The first-order valence-electron chi connectivity index (χ1n) is 6.10. The summed E-state index contributed by atoms with van der Waals surface area (Å²) in [5.41, 5.74) is 10.2. The van der Waals surface area contributed by atoms with Gasteiger partial charge in [0.1, 0.15) is 5.60 Å². The molecule has 0 radical (unpaired) electrons. The Hall–Kier alpha value is -2.20. The number of anilines is 1. The third-order valence-electron chi connectivity index (χ3n) is 2.74. The van der Waals surface area contributed by atoms with Crippen molar-refractivity contribution in [1.82, 2.24) is 0 Å². The van der Waals surface area contributed by atoms with E-state index in [0.717, 1.165) is 12.0 Å². The van der Waals surface area contributed by atoms with Gasteiger partial charge in [0.15, 0.2) is 0 Å². The van der Waals surface area contributed by atoms with E-state index in [1.165, 1.54) is 4.90 Å². The first kappa shape index (κ1) is 13.2. The van der Waals surface area contributed by atoms with Crippen molar-refractivity contribution in [3.8, 4) is 0 Å². The van der Waals surface area contributed by atoms with Gasteiger partial charge >= 0.3 is 6.09 Å². The van der Waals surface area contributed by atoms with Gasteiger partial charge in [0.25, 0.3) is 0 Å². The average Bonchev–Trinajstić information content (AvgIpc) is 2.72. The van der Waals surface area contributed by atoms with Gasteiger partial charge in [0.05, 0.1) is 11.4 Å². The first-order chi connectivity index (χ1) is 8.92. The highest BCUT2D eigenvalue weighted by atomic mass is 16.6. The van der Waals surface area contributed by atoms with Gasteiger partial charge < -0.3 is 4.74 Å². The number of carbonyl (C=O) groups is 1. The lowest BCUT2D eigenvalue weighted by Gasteiger charge is -2.25. The second kappa shape index (κ2) is 4.82. The molecule has 1 aliphatic rings. The highest BCUT2D eigenvalue weighted by Crippen LogP contribution is 2.38. The lowest BCUT2D eigenvalue weighted by atomic mass is 10.1. The molecule has 0 saturated heterocycles. The van der Waals surface area contributed by atoms with Crippen LogP contribution in [-0.2, 0) is 11.2 Å². The van der Waals surface area contributed by atoms with Crippen LogP contribution in [0.3, 0.4) is 0 Å². The van der Waals surface area contributed by atoms with Gasteiger partial charge in [0, 0.05) is 11.5 Å². The molecule has 19 heavy (non-hydrogen) atoms. The van der Waals surface area contributed by atoms with Crippen molar-refractivity contribution in [1.29, 1.82) is 0 Å². The third kappa shape index (κ3) is 2.80. The number of nitrogens with zero attached hydrogens (tertiary/aromatic N) is 4. The zero-order valence-corrected chi connectivity index (χ0v) is 11.3. The number of azide groups is 1. The lowest BCUT2D eigenvalue weighted by molar-refractivity contribution is 0.0584. The van der Waals surface area contributed by atoms with Crippen molar-refractivity contribution in [3.05, 3.63) is 34.2 Å². The van der Waals surface area contributed by atoms with E-state index >= 15 is 0 Å². The van der Waals surface area contributed by atoms with Crippen LogP contribution in [0.4, 0.5) is 16.2 Å². The van der Waals surface area contributed by atoms with Crippen LogP contribution >= 0.6 is 0 Å². The summed E-state index contributed by atoms with van der Waals surface area (Å²) in [5.74, 6) is 0. The molecule has 0 spiro atoms. The fraction of sp³-hybridized carbons (Fsp3) is 0.462. The Labute approximate surface area is 111 Å². The van der Waals surface area contributed by atoms with E-state index in [0.29, 0.717) is 17.9 Å². The van der Waals surface area contributed by atoms with Crippen LogP contribution in [0.25, 0.3) is 10.4 Å². The number of benzene rings is 1. The first-order valence-corrected chi connectivity index (χ1v) is 6.10. The zero-order valence-electron chi connectivity index (χ0n) is 11.3. The molecule has 100 valence electrons. The molecule has 1 amide bonds. The van der Waals surface area contributed by atoms with Gasteiger partial charge in [-0.1, -0.05) is 23.3 Å². The van der Waals surface area contributed by atoms with Crippen LogP contribution in [0.5, 0.6) is 0 Å². The Morgan fingerprint density at radius 1 is 1.47 bits per heavy atom. The molecule has 0 saturated carbocycles. The third-order valence-corrected chi connectivity index (χ3v) is 2.74. The summed E-state index contributed by atoms with van der Waals surface area (Å²) < 4.78 is 5.36. The summed E-state index contributed by atoms with van der Waals surface area (Å²) in [6, 6.07) is 5.44. The average molecular weight is 260 g/mol. The molecular weight excluding hydrogens is 244 g/mol. The van der Waals surface area contributed by atoms with Crippen LogP contribution in [0.15, 0.2) is 23.3 Å². The Morgan fingerprint density at radius 2 is 2.21 bits per heavy atom. The van der Waals surface area contributed by atoms with E-state index in [-0.39, 0.29) is 0 Å². The smallest absolute Gasteiger partial charge is 0.414 e. The largest absolute Gasteiger partial charge is 0.443 e. The summed E-state index contributed by atoms with van der Waals surface area (Å²) in [7, 11) is 0. The van der Waals surface area contributed by atoms with Gasteiger partial charge in [-0.2, -0.15) is 0 Å². The second-order valence-corrected chi connectivity index (χ2v) is 5.36. The van der Waals surface area contributed by atoms with Gasteiger partial charge in [0.2, 0.25) is 0 Å². The molecule has 1 aromatic carbocycles. The molecule has 0 aromatic heterocycles. The SMILES string of the molecule is CC(C)(C)OC(=O)N1CCc2cccc(N=[N+]=[N-])c21. The van der Waals surface area contributed by atoms with Crippen LogP contribution in [0.2, 0.25) is 0 Å². The lowest BCUT2D eigenvalue weighted by Crippen LogP contribution is -2.35. The number of amides is 1. The number of hydrogen-bond acceptors (Lipinski definition) is 3. The monoisotopic (exact) mass is 260 g/mol. The minimum absolute atomic E-state index is 0.410. The minimum atomic E-state index is -0.548. The topological polar surface area (TPSA) is 78.3 Å². The van der Waals surface area contributed by atoms with Crippen molar-refractivity contribution >= 4 is 17.5 Å². The molecule has 1 aliphatic heterocycles. The molecule has 0 aliphatic carbocycles. The van der Waals surface area contributed by atoms with Gasteiger partial charge in [-0.15, -0.1) is 0 Å². The highest BCUT2D eigenvalue weighted by Gasteiger charge is 2.30. The van der Waals surface area contributed by atoms with E-state index in [1.807, 2.05) is 32.9 Å². The van der Waals surface area contributed by atoms with Gasteiger partial charge in [-0.25, -0.2) is 4.79 Å². The Kier molecular flexibility index (Phi) is 3.36. The van der Waals surface area contributed by atoms with Crippen molar-refractivity contribution < 1.29 is 9.53 Å². The molecule has 0 fully saturated rings.